The predicted octanol–water partition coefficient (Wildman–Crippen LogP) is 1.19. The molecular weight excluding hydrogens is 323 g/mol. The molecule has 1 aliphatic rings. The number of carbonyl (C=O) groups is 1. The van der Waals surface area contributed by atoms with Gasteiger partial charge in [0.1, 0.15) is 5.69 Å². The second kappa shape index (κ2) is 5.92. The van der Waals surface area contributed by atoms with Crippen molar-refractivity contribution < 1.29 is 26.4 Å². The van der Waals surface area contributed by atoms with E-state index in [9.17, 15) is 26.4 Å². The van der Waals surface area contributed by atoms with Gasteiger partial charge in [-0.15, -0.1) is 0 Å². The number of nitrogens with zero attached hydrogens (tertiary/aromatic N) is 1. The monoisotopic (exact) mass is 339 g/mol. The second-order valence-corrected chi connectivity index (χ2v) is 7.11. The summed E-state index contributed by atoms with van der Waals surface area (Å²) in [5.74, 6) is -0.674. The number of rotatable bonds is 4. The van der Waals surface area contributed by atoms with E-state index in [1.54, 1.807) is 0 Å². The first-order chi connectivity index (χ1) is 10.1. The summed E-state index contributed by atoms with van der Waals surface area (Å²) in [6.07, 6.45) is -1.18. The maximum absolute atomic E-state index is 12.4. The van der Waals surface area contributed by atoms with Crippen LogP contribution in [0.4, 0.5) is 13.2 Å². The van der Waals surface area contributed by atoms with Crippen molar-refractivity contribution in [1.82, 2.24) is 14.6 Å². The van der Waals surface area contributed by atoms with Crippen LogP contribution < -0.4 is 5.32 Å². The molecule has 10 heteroatoms. The third kappa shape index (κ3) is 3.80. The number of sulfonamides is 1. The lowest BCUT2D eigenvalue weighted by atomic mass is 10.2. The second-order valence-electron chi connectivity index (χ2n) is 5.18. The average Bonchev–Trinajstić information content (AvgIpc) is 3.03. The van der Waals surface area contributed by atoms with Crippen LogP contribution >= 0.6 is 0 Å². The lowest BCUT2D eigenvalue weighted by molar-refractivity contribution is -0.140. The van der Waals surface area contributed by atoms with Gasteiger partial charge in [0.15, 0.2) is 0 Å². The Labute approximate surface area is 125 Å². The quantitative estimate of drug-likeness (QED) is 0.864. The number of hydrogen-bond acceptors (Lipinski definition) is 3. The van der Waals surface area contributed by atoms with Crippen LogP contribution in [0.2, 0.25) is 0 Å². The highest BCUT2D eigenvalue weighted by atomic mass is 32.2. The summed E-state index contributed by atoms with van der Waals surface area (Å²) >= 11 is 0. The molecule has 2 N–H and O–H groups in total. The lowest BCUT2D eigenvalue weighted by Crippen LogP contribution is -2.42. The van der Waals surface area contributed by atoms with E-state index in [0.717, 1.165) is 18.5 Å². The van der Waals surface area contributed by atoms with Crippen LogP contribution in [0.3, 0.4) is 0 Å². The number of amides is 1. The summed E-state index contributed by atoms with van der Waals surface area (Å²) in [5.41, 5.74) is -1.15. The van der Waals surface area contributed by atoms with Crippen molar-refractivity contribution in [3.8, 4) is 0 Å². The number of nitrogens with one attached hydrogen (secondary N) is 2. The average molecular weight is 339 g/mol. The zero-order chi connectivity index (χ0) is 16.5. The summed E-state index contributed by atoms with van der Waals surface area (Å²) in [7, 11) is -3.35. The number of aromatic nitrogens is 1. The molecule has 1 fully saturated rings. The molecule has 124 valence electrons. The molecule has 0 bridgehead atoms. The first-order valence-corrected chi connectivity index (χ1v) is 8.44. The Morgan fingerprint density at radius 3 is 2.73 bits per heavy atom. The van der Waals surface area contributed by atoms with E-state index in [4.69, 9.17) is 0 Å². The number of H-pyrrole nitrogens is 1. The SMILES string of the molecule is CS(=O)(=O)N1CCC[C@@H]1CNC(=O)c1c[nH]c(C(F)(F)F)c1. The molecule has 0 aromatic carbocycles. The molecule has 1 amide bonds. The summed E-state index contributed by atoms with van der Waals surface area (Å²) in [6, 6.07) is 0.359. The van der Waals surface area contributed by atoms with Crippen LogP contribution in [-0.2, 0) is 16.2 Å². The van der Waals surface area contributed by atoms with E-state index in [-0.39, 0.29) is 18.2 Å². The molecule has 1 saturated heterocycles. The Kier molecular flexibility index (Phi) is 4.52. The maximum atomic E-state index is 12.4. The van der Waals surface area contributed by atoms with Gasteiger partial charge < -0.3 is 10.3 Å². The third-order valence-electron chi connectivity index (χ3n) is 3.50. The van der Waals surface area contributed by atoms with E-state index >= 15 is 0 Å². The fraction of sp³-hybridized carbons (Fsp3) is 0.583. The Balaban J connectivity index is 1.97. The molecule has 2 heterocycles. The number of halogens is 3. The highest BCUT2D eigenvalue weighted by molar-refractivity contribution is 7.88. The molecule has 22 heavy (non-hydrogen) atoms. The van der Waals surface area contributed by atoms with Gasteiger partial charge in [0, 0.05) is 25.3 Å². The molecule has 0 aliphatic carbocycles. The number of hydrogen-bond donors (Lipinski definition) is 2. The molecule has 1 aliphatic heterocycles. The van der Waals surface area contributed by atoms with Crippen molar-refractivity contribution in [3.63, 3.8) is 0 Å². The van der Waals surface area contributed by atoms with E-state index in [1.807, 2.05) is 4.98 Å². The van der Waals surface area contributed by atoms with Crippen molar-refractivity contribution in [2.24, 2.45) is 0 Å². The molecule has 0 spiro atoms. The van der Waals surface area contributed by atoms with Gasteiger partial charge in [-0.2, -0.15) is 17.5 Å². The van der Waals surface area contributed by atoms with Gasteiger partial charge in [-0.1, -0.05) is 0 Å². The largest absolute Gasteiger partial charge is 0.431 e. The lowest BCUT2D eigenvalue weighted by Gasteiger charge is -2.22. The van der Waals surface area contributed by atoms with Crippen molar-refractivity contribution in [3.05, 3.63) is 23.5 Å². The highest BCUT2D eigenvalue weighted by Gasteiger charge is 2.34. The van der Waals surface area contributed by atoms with E-state index in [1.165, 1.54) is 4.31 Å². The molecule has 0 saturated carbocycles. The van der Waals surface area contributed by atoms with E-state index < -0.39 is 27.8 Å². The van der Waals surface area contributed by atoms with E-state index in [0.29, 0.717) is 19.4 Å². The van der Waals surface area contributed by atoms with Gasteiger partial charge >= 0.3 is 6.18 Å². The Hall–Kier alpha value is -1.55. The van der Waals surface area contributed by atoms with Crippen LogP contribution in [0.15, 0.2) is 12.3 Å². The van der Waals surface area contributed by atoms with Gasteiger partial charge in [0.2, 0.25) is 10.0 Å². The van der Waals surface area contributed by atoms with Crippen LogP contribution in [0.1, 0.15) is 28.9 Å². The fourth-order valence-corrected chi connectivity index (χ4v) is 3.63. The summed E-state index contributed by atoms with van der Waals surface area (Å²) in [6.45, 7) is 0.459. The molecule has 0 unspecified atom stereocenters. The summed E-state index contributed by atoms with van der Waals surface area (Å²) < 4.78 is 61.7. The normalized spacial score (nSPS) is 20.3. The van der Waals surface area contributed by atoms with Crippen molar-refractivity contribution in [2.75, 3.05) is 19.3 Å². The molecule has 0 radical (unpaired) electrons. The number of aromatic amines is 1. The topological polar surface area (TPSA) is 82.3 Å². The maximum Gasteiger partial charge on any atom is 0.431 e. The van der Waals surface area contributed by atoms with Gasteiger partial charge in [-0.05, 0) is 18.9 Å². The highest BCUT2D eigenvalue weighted by Crippen LogP contribution is 2.28. The zero-order valence-electron chi connectivity index (χ0n) is 11.8. The van der Waals surface area contributed by atoms with Gasteiger partial charge in [0.05, 0.1) is 11.8 Å². The molecule has 1 aromatic heterocycles. The number of alkyl halides is 3. The molecule has 1 atom stereocenters. The molecular formula is C12H16F3N3O3S. The first-order valence-electron chi connectivity index (χ1n) is 6.59. The zero-order valence-corrected chi connectivity index (χ0v) is 12.6. The minimum Gasteiger partial charge on any atom is -0.357 e. The summed E-state index contributed by atoms with van der Waals surface area (Å²) in [4.78, 5) is 13.8. The standard InChI is InChI=1S/C12H16F3N3O3S/c1-22(20,21)18-4-2-3-9(18)7-17-11(19)8-5-10(16-6-8)12(13,14)15/h5-6,9,16H,2-4,7H2,1H3,(H,17,19)/t9-/m1/s1. The minimum absolute atomic E-state index is 0.0679. The van der Waals surface area contributed by atoms with Crippen molar-refractivity contribution in [2.45, 2.75) is 25.1 Å². The van der Waals surface area contributed by atoms with Crippen LogP contribution in [0.25, 0.3) is 0 Å². The Bertz CT molecular complexity index is 654. The fourth-order valence-electron chi connectivity index (χ4n) is 2.45. The van der Waals surface area contributed by atoms with Crippen LogP contribution in [-0.4, -0.2) is 49.0 Å². The minimum atomic E-state index is -4.54. The Morgan fingerprint density at radius 2 is 2.18 bits per heavy atom. The molecule has 6 nitrogen and oxygen atoms in total. The molecule has 2 rings (SSSR count). The summed E-state index contributed by atoms with van der Waals surface area (Å²) in [5, 5.41) is 2.48. The van der Waals surface area contributed by atoms with Crippen LogP contribution in [0, 0.1) is 0 Å². The predicted molar refractivity (Wildman–Crippen MR) is 72.7 cm³/mol. The Morgan fingerprint density at radius 1 is 1.50 bits per heavy atom. The van der Waals surface area contributed by atoms with Crippen molar-refractivity contribution in [1.29, 1.82) is 0 Å². The van der Waals surface area contributed by atoms with Gasteiger partial charge in [-0.3, -0.25) is 4.79 Å². The van der Waals surface area contributed by atoms with Gasteiger partial charge in [-0.25, -0.2) is 8.42 Å². The van der Waals surface area contributed by atoms with Crippen molar-refractivity contribution >= 4 is 15.9 Å². The first kappa shape index (κ1) is 16.8. The van der Waals surface area contributed by atoms with Crippen LogP contribution in [0.5, 0.6) is 0 Å². The third-order valence-corrected chi connectivity index (χ3v) is 4.83. The smallest absolute Gasteiger partial charge is 0.357 e. The molecule has 1 aromatic rings. The van der Waals surface area contributed by atoms with Gasteiger partial charge in [0.25, 0.3) is 5.91 Å². The number of carbonyl (C=O) groups excluding carboxylic acids is 1. The van der Waals surface area contributed by atoms with E-state index in [2.05, 4.69) is 5.32 Å².